The predicted octanol–water partition coefficient (Wildman–Crippen LogP) is 6.71. The van der Waals surface area contributed by atoms with Gasteiger partial charge in [-0.1, -0.05) is 98.8 Å². The van der Waals surface area contributed by atoms with Gasteiger partial charge in [-0.2, -0.15) is 0 Å². The Bertz CT molecular complexity index is 3290. The predicted molar refractivity (Wildman–Crippen MR) is 383 cm³/mol. The summed E-state index contributed by atoms with van der Waals surface area (Å²) in [6.45, 7) is 26.2. The lowest BCUT2D eigenvalue weighted by atomic mass is 10.0. The molecule has 5 rings (SSSR count). The molecule has 0 aliphatic carbocycles. The van der Waals surface area contributed by atoms with Crippen LogP contribution in [0.4, 0.5) is 4.79 Å². The number of amides is 8. The van der Waals surface area contributed by atoms with Crippen LogP contribution in [0.3, 0.4) is 0 Å². The first-order chi connectivity index (χ1) is 48.0. The van der Waals surface area contributed by atoms with Crippen LogP contribution in [-0.2, 0) is 92.6 Å². The standard InChI is InChI=1S/C76H110N8O18/c1-50(2)64(70(92)77-36-39-96-41-43-97-42-40-95-38-35-63(85)86)83-68(90)61(49-100-74(6,7)8)81-69(91)62-26-21-37-84(62)71(93)59(46-51-22-17-15-18-23-51)79-65(87)57(44-52-27-31-55(32-28-52)101-75(9,10)11)78-67(89)60(48-99-73(3,4)5)80-66(88)58(82-72(94)98-47-54-24-19-16-20-25-54)45-53-29-33-56(34-30-53)102-76(12,13)14/h15-20,22-25,27-34,50,57-62,64H,21,26,35-49H2,1-14H3,(H,77,92)(H,78,89)(H,79,87)(H,80,88)(H,81,91)(H,82,94)(H,83,90)(H,85,86)/t57-,58-,59-,60-,61-,62-,64-/m0/s1. The zero-order valence-electron chi connectivity index (χ0n) is 61.9. The number of alkyl carbamates (subject to hydrolysis) is 1. The molecule has 4 aromatic rings. The quantitative estimate of drug-likeness (QED) is 0.0215. The number of nitrogens with zero attached hydrogens (tertiary/aromatic N) is 1. The van der Waals surface area contributed by atoms with E-state index in [1.54, 1.807) is 159 Å². The molecular weight excluding hydrogens is 1310 g/mol. The summed E-state index contributed by atoms with van der Waals surface area (Å²) in [4.78, 5) is 129. The molecule has 1 heterocycles. The van der Waals surface area contributed by atoms with Crippen molar-refractivity contribution >= 4 is 53.4 Å². The van der Waals surface area contributed by atoms with Gasteiger partial charge < -0.3 is 85.1 Å². The highest BCUT2D eigenvalue weighted by atomic mass is 16.6. The Morgan fingerprint density at radius 1 is 0.471 bits per heavy atom. The maximum atomic E-state index is 15.4. The molecule has 8 amide bonds. The number of carboxylic acid groups (broad SMARTS) is 1. The van der Waals surface area contributed by atoms with Crippen LogP contribution in [0.5, 0.6) is 11.5 Å². The zero-order chi connectivity index (χ0) is 75.2. The molecule has 1 fully saturated rings. The van der Waals surface area contributed by atoms with Crippen molar-refractivity contribution in [1.29, 1.82) is 0 Å². The fourth-order valence-corrected chi connectivity index (χ4v) is 10.4. The molecular formula is C76H110N8O18. The van der Waals surface area contributed by atoms with Gasteiger partial charge >= 0.3 is 12.1 Å². The van der Waals surface area contributed by atoms with E-state index in [0.29, 0.717) is 40.2 Å². The van der Waals surface area contributed by atoms with Gasteiger partial charge in [0.05, 0.1) is 70.5 Å². The SMILES string of the molecule is CC(C)[C@H](NC(=O)[C@H](COC(C)(C)C)NC(=O)[C@@H]1CCCN1C(=O)[C@H](Cc1ccccc1)NC(=O)[C@H](Cc1ccc(OC(C)(C)C)cc1)NC(=O)[C@H](COC(C)(C)C)NC(=O)[C@H](Cc1ccc(OC(C)(C)C)cc1)NC(=O)OCc1ccccc1)C(=O)NCCOCCOCCOCCC(=O)O. The lowest BCUT2D eigenvalue weighted by Gasteiger charge is -2.32. The van der Waals surface area contributed by atoms with Crippen molar-refractivity contribution in [2.24, 2.45) is 5.92 Å². The molecule has 26 heteroatoms. The van der Waals surface area contributed by atoms with Gasteiger partial charge in [-0.05, 0) is 148 Å². The number of likely N-dealkylation sites (tertiary alicyclic amines) is 1. The van der Waals surface area contributed by atoms with E-state index in [4.69, 9.17) is 43.0 Å². The summed E-state index contributed by atoms with van der Waals surface area (Å²) in [5.74, 6) is -5.16. The van der Waals surface area contributed by atoms with Crippen LogP contribution in [-0.4, -0.2) is 194 Å². The Morgan fingerprint density at radius 3 is 1.38 bits per heavy atom. The summed E-state index contributed by atoms with van der Waals surface area (Å²) in [6.07, 6.45) is -0.677. The summed E-state index contributed by atoms with van der Waals surface area (Å²) >= 11 is 0. The number of rotatable bonds is 40. The van der Waals surface area contributed by atoms with Gasteiger partial charge in [0, 0.05) is 32.4 Å². The number of hydrogen-bond donors (Lipinski definition) is 8. The molecule has 0 unspecified atom stereocenters. The van der Waals surface area contributed by atoms with Crippen LogP contribution in [0.15, 0.2) is 109 Å². The van der Waals surface area contributed by atoms with Crippen LogP contribution >= 0.6 is 0 Å². The fraction of sp³-hybridized carbons (Fsp3) is 0.566. The molecule has 0 radical (unpaired) electrons. The molecule has 1 saturated heterocycles. The Morgan fingerprint density at radius 2 is 0.892 bits per heavy atom. The molecule has 0 aromatic heterocycles. The Balaban J connectivity index is 1.41. The highest BCUT2D eigenvalue weighted by Crippen LogP contribution is 2.24. The highest BCUT2D eigenvalue weighted by Gasteiger charge is 2.41. The summed E-state index contributed by atoms with van der Waals surface area (Å²) in [6, 6.07) is 22.8. The number of benzene rings is 4. The first-order valence-corrected chi connectivity index (χ1v) is 34.9. The van der Waals surface area contributed by atoms with Crippen molar-refractivity contribution in [2.75, 3.05) is 65.9 Å². The number of aliphatic carboxylic acids is 1. The van der Waals surface area contributed by atoms with E-state index < -0.39 is 131 Å². The third kappa shape index (κ3) is 32.5. The number of carbonyl (C=O) groups is 9. The van der Waals surface area contributed by atoms with Gasteiger partial charge in [0.25, 0.3) is 0 Å². The second kappa shape index (κ2) is 40.8. The topological polar surface area (TPSA) is 335 Å². The Labute approximate surface area is 600 Å². The normalized spacial score (nSPS) is 15.1. The average molecular weight is 1420 g/mol. The molecule has 0 spiro atoms. The van der Waals surface area contributed by atoms with Crippen molar-refractivity contribution in [1.82, 2.24) is 42.1 Å². The molecule has 1 aliphatic heterocycles. The van der Waals surface area contributed by atoms with E-state index in [0.717, 1.165) is 0 Å². The first-order valence-electron chi connectivity index (χ1n) is 34.9. The zero-order valence-corrected chi connectivity index (χ0v) is 61.9. The van der Waals surface area contributed by atoms with Gasteiger partial charge in [0.1, 0.15) is 71.6 Å². The third-order valence-corrected chi connectivity index (χ3v) is 15.4. The fourth-order valence-electron chi connectivity index (χ4n) is 10.4. The molecule has 0 saturated carbocycles. The first kappa shape index (κ1) is 84.0. The lowest BCUT2D eigenvalue weighted by molar-refractivity contribution is -0.143. The van der Waals surface area contributed by atoms with Gasteiger partial charge in [0.2, 0.25) is 41.4 Å². The van der Waals surface area contributed by atoms with Crippen molar-refractivity contribution < 1.29 is 86.2 Å². The van der Waals surface area contributed by atoms with Crippen molar-refractivity contribution in [3.8, 4) is 11.5 Å². The highest BCUT2D eigenvalue weighted by molar-refractivity contribution is 5.98. The smallest absolute Gasteiger partial charge is 0.408 e. The maximum Gasteiger partial charge on any atom is 0.408 e. The van der Waals surface area contributed by atoms with E-state index in [2.05, 4.69) is 37.2 Å². The minimum absolute atomic E-state index is 0.0507. The van der Waals surface area contributed by atoms with Gasteiger partial charge in [0.15, 0.2) is 0 Å². The van der Waals surface area contributed by atoms with E-state index in [1.807, 2.05) is 47.6 Å². The van der Waals surface area contributed by atoms with E-state index in [9.17, 15) is 28.8 Å². The monoisotopic (exact) mass is 1420 g/mol. The molecule has 1 aliphatic rings. The largest absolute Gasteiger partial charge is 0.488 e. The number of carboxylic acids is 1. The van der Waals surface area contributed by atoms with Crippen LogP contribution in [0, 0.1) is 5.92 Å². The second-order valence-corrected chi connectivity index (χ2v) is 29.4. The summed E-state index contributed by atoms with van der Waals surface area (Å²) < 4.78 is 46.2. The Hall–Kier alpha value is -8.69. The molecule has 4 aromatic carbocycles. The lowest BCUT2D eigenvalue weighted by Crippen LogP contribution is -2.61. The number of nitrogens with one attached hydrogen (secondary N) is 7. The average Bonchev–Trinajstić information content (AvgIpc) is 1.57. The number of hydrogen-bond acceptors (Lipinski definition) is 17. The third-order valence-electron chi connectivity index (χ3n) is 15.4. The molecule has 562 valence electrons. The van der Waals surface area contributed by atoms with Crippen molar-refractivity contribution in [3.63, 3.8) is 0 Å². The molecule has 26 nitrogen and oxygen atoms in total. The Kier molecular flexibility index (Phi) is 33.6. The summed E-state index contributed by atoms with van der Waals surface area (Å²) in [5.41, 5.74) is -0.0652. The molecule has 7 atom stereocenters. The van der Waals surface area contributed by atoms with Crippen molar-refractivity contribution in [2.45, 2.75) is 207 Å². The minimum Gasteiger partial charge on any atom is -0.488 e. The molecule has 0 bridgehead atoms. The van der Waals surface area contributed by atoms with Gasteiger partial charge in [-0.3, -0.25) is 38.4 Å². The van der Waals surface area contributed by atoms with Crippen LogP contribution in [0.25, 0.3) is 0 Å². The van der Waals surface area contributed by atoms with E-state index in [1.165, 1.54) is 4.90 Å². The number of carbonyl (C=O) groups excluding carboxylic acids is 8. The van der Waals surface area contributed by atoms with Gasteiger partial charge in [-0.15, -0.1) is 0 Å². The van der Waals surface area contributed by atoms with E-state index >= 15 is 14.4 Å². The van der Waals surface area contributed by atoms with E-state index in [-0.39, 0.29) is 98.0 Å². The summed E-state index contributed by atoms with van der Waals surface area (Å²) in [7, 11) is 0. The second-order valence-electron chi connectivity index (χ2n) is 29.4. The van der Waals surface area contributed by atoms with Crippen LogP contribution in [0.2, 0.25) is 0 Å². The van der Waals surface area contributed by atoms with Gasteiger partial charge in [-0.25, -0.2) is 4.79 Å². The maximum absolute atomic E-state index is 15.4. The van der Waals surface area contributed by atoms with Crippen molar-refractivity contribution in [3.05, 3.63) is 131 Å². The number of ether oxygens (including phenoxy) is 8. The van der Waals surface area contributed by atoms with Crippen LogP contribution < -0.4 is 46.7 Å². The summed E-state index contributed by atoms with van der Waals surface area (Å²) in [5, 5.41) is 28.5. The minimum atomic E-state index is -1.48. The molecule has 8 N–H and O–H groups in total. The molecule has 102 heavy (non-hydrogen) atoms. The van der Waals surface area contributed by atoms with Crippen LogP contribution in [0.1, 0.15) is 138 Å².